The molecular weight excluding hydrogens is 320 g/mol. The fourth-order valence-electron chi connectivity index (χ4n) is 1.22. The minimum atomic E-state index is -0.374. The summed E-state index contributed by atoms with van der Waals surface area (Å²) in [6.45, 7) is 0. The molecule has 0 aliphatic heterocycles. The van der Waals surface area contributed by atoms with Gasteiger partial charge in [-0.1, -0.05) is 11.6 Å². The third kappa shape index (κ3) is 2.96. The van der Waals surface area contributed by atoms with Crippen LogP contribution in [0.2, 0.25) is 5.02 Å². The van der Waals surface area contributed by atoms with E-state index < -0.39 is 0 Å². The van der Waals surface area contributed by atoms with E-state index in [2.05, 4.69) is 31.2 Å². The summed E-state index contributed by atoms with van der Waals surface area (Å²) in [5.74, 6) is -0.112. The number of aromatic nitrogens is 2. The number of halogens is 2. The Kier molecular flexibility index (Phi) is 3.78. The Morgan fingerprint density at radius 1 is 1.33 bits per heavy atom. The SMILES string of the molecule is Nc1cnc(C(=O)Nc2ccc(Br)c(Cl)c2)cn1. The molecule has 1 aromatic carbocycles. The number of rotatable bonds is 2. The van der Waals surface area contributed by atoms with Crippen LogP contribution in [0.15, 0.2) is 35.1 Å². The molecule has 7 heteroatoms. The Bertz CT molecular complexity index is 588. The van der Waals surface area contributed by atoms with Gasteiger partial charge in [0.2, 0.25) is 0 Å². The zero-order chi connectivity index (χ0) is 13.1. The van der Waals surface area contributed by atoms with Gasteiger partial charge in [0.05, 0.1) is 17.4 Å². The summed E-state index contributed by atoms with van der Waals surface area (Å²) in [4.78, 5) is 19.5. The fourth-order valence-corrected chi connectivity index (χ4v) is 1.65. The topological polar surface area (TPSA) is 80.9 Å². The van der Waals surface area contributed by atoms with Crippen molar-refractivity contribution in [3.63, 3.8) is 0 Å². The smallest absolute Gasteiger partial charge is 0.275 e. The van der Waals surface area contributed by atoms with Gasteiger partial charge in [-0.25, -0.2) is 9.97 Å². The molecule has 0 radical (unpaired) electrons. The summed E-state index contributed by atoms with van der Waals surface area (Å²) in [7, 11) is 0. The van der Waals surface area contributed by atoms with Gasteiger partial charge < -0.3 is 11.1 Å². The standard InChI is InChI=1S/C11H8BrClN4O/c12-7-2-1-6(3-8(7)13)17-11(18)9-4-16-10(14)5-15-9/h1-5H,(H2,14,16)(H,17,18). The van der Waals surface area contributed by atoms with Crippen LogP contribution in [0.1, 0.15) is 10.5 Å². The Balaban J connectivity index is 2.16. The number of hydrogen-bond acceptors (Lipinski definition) is 4. The first-order chi connectivity index (χ1) is 8.56. The number of benzene rings is 1. The lowest BCUT2D eigenvalue weighted by Crippen LogP contribution is -2.14. The van der Waals surface area contributed by atoms with Gasteiger partial charge in [-0.05, 0) is 34.1 Å². The molecule has 0 aliphatic carbocycles. The minimum Gasteiger partial charge on any atom is -0.382 e. The van der Waals surface area contributed by atoms with E-state index in [1.54, 1.807) is 18.2 Å². The second kappa shape index (κ2) is 5.32. The molecule has 0 bridgehead atoms. The molecular formula is C11H8BrClN4O. The molecule has 0 aliphatic rings. The van der Waals surface area contributed by atoms with Gasteiger partial charge in [-0.15, -0.1) is 0 Å². The predicted octanol–water partition coefficient (Wildman–Crippen LogP) is 2.73. The molecule has 0 saturated carbocycles. The number of hydrogen-bond donors (Lipinski definition) is 2. The summed E-state index contributed by atoms with van der Waals surface area (Å²) in [6, 6.07) is 5.10. The van der Waals surface area contributed by atoms with Crippen LogP contribution in [0.3, 0.4) is 0 Å². The maximum Gasteiger partial charge on any atom is 0.275 e. The van der Waals surface area contributed by atoms with E-state index in [9.17, 15) is 4.79 Å². The summed E-state index contributed by atoms with van der Waals surface area (Å²) >= 11 is 9.19. The van der Waals surface area contributed by atoms with E-state index in [1.807, 2.05) is 0 Å². The molecule has 92 valence electrons. The Morgan fingerprint density at radius 2 is 2.11 bits per heavy atom. The maximum atomic E-state index is 11.8. The Hall–Kier alpha value is -1.66. The van der Waals surface area contributed by atoms with Gasteiger partial charge >= 0.3 is 0 Å². The molecule has 1 amide bonds. The molecule has 0 atom stereocenters. The number of nitrogens with one attached hydrogen (secondary N) is 1. The van der Waals surface area contributed by atoms with Crippen LogP contribution in [-0.2, 0) is 0 Å². The van der Waals surface area contributed by atoms with E-state index in [-0.39, 0.29) is 17.4 Å². The van der Waals surface area contributed by atoms with Crippen LogP contribution < -0.4 is 11.1 Å². The van der Waals surface area contributed by atoms with Gasteiger partial charge in [-0.2, -0.15) is 0 Å². The van der Waals surface area contributed by atoms with Crippen LogP contribution in [-0.4, -0.2) is 15.9 Å². The van der Waals surface area contributed by atoms with Gasteiger partial charge in [-0.3, -0.25) is 4.79 Å². The largest absolute Gasteiger partial charge is 0.382 e. The first-order valence-electron chi connectivity index (χ1n) is 4.90. The number of anilines is 2. The lowest BCUT2D eigenvalue weighted by atomic mass is 10.3. The predicted molar refractivity (Wildman–Crippen MR) is 73.5 cm³/mol. The highest BCUT2D eigenvalue weighted by Crippen LogP contribution is 2.25. The van der Waals surface area contributed by atoms with E-state index >= 15 is 0 Å². The van der Waals surface area contributed by atoms with Crippen molar-refractivity contribution < 1.29 is 4.79 Å². The first kappa shape index (κ1) is 12.8. The van der Waals surface area contributed by atoms with Crippen LogP contribution in [0, 0.1) is 0 Å². The third-order valence-corrected chi connectivity index (χ3v) is 3.31. The van der Waals surface area contributed by atoms with Crippen molar-refractivity contribution in [3.8, 4) is 0 Å². The Morgan fingerprint density at radius 3 is 2.72 bits per heavy atom. The average Bonchev–Trinajstić information content (AvgIpc) is 2.34. The third-order valence-electron chi connectivity index (χ3n) is 2.08. The van der Waals surface area contributed by atoms with E-state index in [1.165, 1.54) is 12.4 Å². The number of amides is 1. The number of nitrogen functional groups attached to an aromatic ring is 1. The minimum absolute atomic E-state index is 0.184. The zero-order valence-corrected chi connectivity index (χ0v) is 11.4. The van der Waals surface area contributed by atoms with Gasteiger partial charge in [0.15, 0.2) is 0 Å². The summed E-state index contributed by atoms with van der Waals surface area (Å²) in [6.07, 6.45) is 2.63. The average molecular weight is 328 g/mol. The molecule has 2 aromatic rings. The molecule has 5 nitrogen and oxygen atoms in total. The van der Waals surface area contributed by atoms with Crippen molar-refractivity contribution in [2.75, 3.05) is 11.1 Å². The normalized spacial score (nSPS) is 10.1. The highest BCUT2D eigenvalue weighted by Gasteiger charge is 2.08. The molecule has 0 fully saturated rings. The van der Waals surface area contributed by atoms with Crippen molar-refractivity contribution in [3.05, 3.63) is 45.8 Å². The molecule has 0 saturated heterocycles. The molecule has 18 heavy (non-hydrogen) atoms. The van der Waals surface area contributed by atoms with Gasteiger partial charge in [0.1, 0.15) is 11.5 Å². The summed E-state index contributed by atoms with van der Waals surface area (Å²) in [5, 5.41) is 3.17. The first-order valence-corrected chi connectivity index (χ1v) is 6.07. The van der Waals surface area contributed by atoms with Gasteiger partial charge in [0, 0.05) is 10.2 Å². The van der Waals surface area contributed by atoms with Crippen LogP contribution in [0.25, 0.3) is 0 Å². The lowest BCUT2D eigenvalue weighted by Gasteiger charge is -2.05. The second-order valence-electron chi connectivity index (χ2n) is 3.41. The highest BCUT2D eigenvalue weighted by molar-refractivity contribution is 9.10. The van der Waals surface area contributed by atoms with E-state index in [0.29, 0.717) is 10.7 Å². The van der Waals surface area contributed by atoms with E-state index in [4.69, 9.17) is 17.3 Å². The quantitative estimate of drug-likeness (QED) is 0.888. The van der Waals surface area contributed by atoms with Crippen LogP contribution in [0.5, 0.6) is 0 Å². The Labute approximate surface area is 117 Å². The van der Waals surface area contributed by atoms with E-state index in [0.717, 1.165) is 4.47 Å². The number of nitrogens with two attached hydrogens (primary N) is 1. The van der Waals surface area contributed by atoms with Crippen LogP contribution >= 0.6 is 27.5 Å². The van der Waals surface area contributed by atoms with Crippen molar-refractivity contribution in [1.82, 2.24) is 9.97 Å². The molecule has 1 aromatic heterocycles. The summed E-state index contributed by atoms with van der Waals surface area (Å²) in [5.41, 5.74) is 6.15. The number of nitrogens with zero attached hydrogens (tertiary/aromatic N) is 2. The number of carbonyl (C=O) groups is 1. The van der Waals surface area contributed by atoms with Crippen molar-refractivity contribution in [2.24, 2.45) is 0 Å². The second-order valence-corrected chi connectivity index (χ2v) is 4.67. The monoisotopic (exact) mass is 326 g/mol. The highest BCUT2D eigenvalue weighted by atomic mass is 79.9. The zero-order valence-electron chi connectivity index (χ0n) is 9.02. The summed E-state index contributed by atoms with van der Waals surface area (Å²) < 4.78 is 0.759. The van der Waals surface area contributed by atoms with Crippen molar-refractivity contribution >= 4 is 44.9 Å². The fraction of sp³-hybridized carbons (Fsp3) is 0. The molecule has 0 unspecified atom stereocenters. The van der Waals surface area contributed by atoms with Gasteiger partial charge in [0.25, 0.3) is 5.91 Å². The number of carbonyl (C=O) groups excluding carboxylic acids is 1. The van der Waals surface area contributed by atoms with Crippen molar-refractivity contribution in [1.29, 1.82) is 0 Å². The maximum absolute atomic E-state index is 11.8. The van der Waals surface area contributed by atoms with Crippen molar-refractivity contribution in [2.45, 2.75) is 0 Å². The molecule has 0 spiro atoms. The molecule has 3 N–H and O–H groups in total. The molecule has 1 heterocycles. The lowest BCUT2D eigenvalue weighted by molar-refractivity contribution is 0.102. The molecule has 2 rings (SSSR count). The van der Waals surface area contributed by atoms with Crippen LogP contribution in [0.4, 0.5) is 11.5 Å².